The van der Waals surface area contributed by atoms with Gasteiger partial charge in [-0.3, -0.25) is 4.18 Å². The van der Waals surface area contributed by atoms with Gasteiger partial charge in [0.2, 0.25) is 0 Å². The minimum absolute atomic E-state index is 0.126. The molecule has 21 heavy (non-hydrogen) atoms. The molecule has 6 nitrogen and oxygen atoms in total. The van der Waals surface area contributed by atoms with E-state index < -0.39 is 22.3 Å². The monoisotopic (exact) mass is 313 g/mol. The fraction of sp³-hybridized carbons (Fsp3) is 0.500. The molecule has 0 aromatic heterocycles. The van der Waals surface area contributed by atoms with Gasteiger partial charge in [-0.15, -0.1) is 0 Å². The summed E-state index contributed by atoms with van der Waals surface area (Å²) in [5.74, 6) is 0. The highest BCUT2D eigenvalue weighted by Gasteiger charge is 2.32. The number of rotatable bonds is 3. The molecule has 2 rings (SSSR count). The zero-order chi connectivity index (χ0) is 15.6. The zero-order valence-corrected chi connectivity index (χ0v) is 12.8. The van der Waals surface area contributed by atoms with Crippen LogP contribution in [-0.4, -0.2) is 43.2 Å². The average molecular weight is 313 g/mol. The molecule has 116 valence electrons. The molecule has 1 heterocycles. The van der Waals surface area contributed by atoms with Crippen LogP contribution < -0.4 is 0 Å². The fourth-order valence-corrected chi connectivity index (χ4v) is 3.55. The van der Waals surface area contributed by atoms with Crippen molar-refractivity contribution < 1.29 is 22.5 Å². The molecule has 1 aromatic carbocycles. The lowest BCUT2D eigenvalue weighted by Crippen LogP contribution is -2.46. The average Bonchev–Trinajstić information content (AvgIpc) is 2.38. The molecule has 0 bridgehead atoms. The van der Waals surface area contributed by atoms with E-state index in [1.165, 1.54) is 17.0 Å². The van der Waals surface area contributed by atoms with Crippen LogP contribution in [0.1, 0.15) is 25.3 Å². The maximum Gasteiger partial charge on any atom is 0.407 e. The van der Waals surface area contributed by atoms with Crippen molar-refractivity contribution in [1.29, 1.82) is 0 Å². The zero-order valence-electron chi connectivity index (χ0n) is 12.0. The number of carboxylic acid groups (broad SMARTS) is 1. The summed E-state index contributed by atoms with van der Waals surface area (Å²) in [6.07, 6.45) is -0.719. The molecule has 7 heteroatoms. The summed E-state index contributed by atoms with van der Waals surface area (Å²) >= 11 is 0. The highest BCUT2D eigenvalue weighted by Crippen LogP contribution is 2.24. The first-order valence-corrected chi connectivity index (χ1v) is 8.20. The van der Waals surface area contributed by atoms with E-state index in [9.17, 15) is 13.2 Å². The normalized spacial score (nSPS) is 23.0. The number of benzene rings is 1. The summed E-state index contributed by atoms with van der Waals surface area (Å²) < 4.78 is 29.6. The van der Waals surface area contributed by atoms with E-state index in [1.54, 1.807) is 19.1 Å². The molecule has 2 atom stereocenters. The SMILES string of the molecule is Cc1ccc(S(=O)(=O)O[C@H]2CCN(C(=O)O)[C@@H](C)C2)cc1. The van der Waals surface area contributed by atoms with Crippen molar-refractivity contribution in [2.75, 3.05) is 6.54 Å². The van der Waals surface area contributed by atoms with Crippen molar-refractivity contribution in [3.8, 4) is 0 Å². The second kappa shape index (κ2) is 6.03. The summed E-state index contributed by atoms with van der Waals surface area (Å²) in [4.78, 5) is 12.4. The lowest BCUT2D eigenvalue weighted by atomic mass is 10.0. The van der Waals surface area contributed by atoms with Crippen LogP contribution in [-0.2, 0) is 14.3 Å². The summed E-state index contributed by atoms with van der Waals surface area (Å²) in [5, 5.41) is 9.00. The third-order valence-electron chi connectivity index (χ3n) is 3.65. The van der Waals surface area contributed by atoms with Crippen LogP contribution in [0.3, 0.4) is 0 Å². The number of piperidine rings is 1. The Labute approximate surface area is 124 Å². The highest BCUT2D eigenvalue weighted by molar-refractivity contribution is 7.86. The molecule has 1 saturated heterocycles. The Hall–Kier alpha value is -1.60. The van der Waals surface area contributed by atoms with E-state index in [2.05, 4.69) is 0 Å². The molecule has 0 radical (unpaired) electrons. The topological polar surface area (TPSA) is 83.9 Å². The van der Waals surface area contributed by atoms with E-state index in [4.69, 9.17) is 9.29 Å². The third-order valence-corrected chi connectivity index (χ3v) is 5.02. The van der Waals surface area contributed by atoms with E-state index in [0.29, 0.717) is 12.8 Å². The van der Waals surface area contributed by atoms with Crippen molar-refractivity contribution in [2.24, 2.45) is 0 Å². The van der Waals surface area contributed by atoms with Crippen molar-refractivity contribution in [3.63, 3.8) is 0 Å². The quantitative estimate of drug-likeness (QED) is 0.865. The Morgan fingerprint density at radius 2 is 1.95 bits per heavy atom. The first kappa shape index (κ1) is 15.8. The van der Waals surface area contributed by atoms with Gasteiger partial charge in [0.1, 0.15) is 0 Å². The summed E-state index contributed by atoms with van der Waals surface area (Å²) in [6, 6.07) is 6.20. The Morgan fingerprint density at radius 3 is 2.48 bits per heavy atom. The van der Waals surface area contributed by atoms with Gasteiger partial charge in [-0.1, -0.05) is 17.7 Å². The van der Waals surface area contributed by atoms with Crippen LogP contribution in [0.4, 0.5) is 4.79 Å². The van der Waals surface area contributed by atoms with Gasteiger partial charge in [-0.05, 0) is 38.8 Å². The van der Waals surface area contributed by atoms with Crippen molar-refractivity contribution in [2.45, 2.75) is 43.7 Å². The van der Waals surface area contributed by atoms with Gasteiger partial charge in [-0.25, -0.2) is 4.79 Å². The minimum Gasteiger partial charge on any atom is -0.465 e. The van der Waals surface area contributed by atoms with Gasteiger partial charge < -0.3 is 10.0 Å². The van der Waals surface area contributed by atoms with Gasteiger partial charge in [-0.2, -0.15) is 8.42 Å². The minimum atomic E-state index is -3.80. The van der Waals surface area contributed by atoms with Crippen molar-refractivity contribution in [3.05, 3.63) is 29.8 Å². The first-order chi connectivity index (χ1) is 9.79. The molecule has 0 unspecified atom stereocenters. The molecule has 0 saturated carbocycles. The highest BCUT2D eigenvalue weighted by atomic mass is 32.2. The Morgan fingerprint density at radius 1 is 1.33 bits per heavy atom. The number of aryl methyl sites for hydroxylation is 1. The van der Waals surface area contributed by atoms with Crippen LogP contribution in [0.5, 0.6) is 0 Å². The predicted octanol–water partition coefficient (Wildman–Crippen LogP) is 2.23. The number of hydrogen-bond acceptors (Lipinski definition) is 4. The predicted molar refractivity (Wildman–Crippen MR) is 76.7 cm³/mol. The first-order valence-electron chi connectivity index (χ1n) is 6.79. The van der Waals surface area contributed by atoms with E-state index in [1.807, 2.05) is 6.92 Å². The van der Waals surface area contributed by atoms with Gasteiger partial charge in [0.25, 0.3) is 10.1 Å². The Balaban J connectivity index is 2.05. The van der Waals surface area contributed by atoms with Crippen molar-refractivity contribution in [1.82, 2.24) is 4.90 Å². The van der Waals surface area contributed by atoms with Crippen LogP contribution >= 0.6 is 0 Å². The summed E-state index contributed by atoms with van der Waals surface area (Å²) in [5.41, 5.74) is 0.970. The number of likely N-dealkylation sites (tertiary alicyclic amines) is 1. The molecule has 1 fully saturated rings. The lowest BCUT2D eigenvalue weighted by Gasteiger charge is -2.35. The molecular weight excluding hydrogens is 294 g/mol. The molecule has 1 N–H and O–H groups in total. The van der Waals surface area contributed by atoms with E-state index in [0.717, 1.165) is 5.56 Å². The number of amides is 1. The third kappa shape index (κ3) is 3.74. The van der Waals surface area contributed by atoms with Crippen LogP contribution in [0, 0.1) is 6.92 Å². The van der Waals surface area contributed by atoms with E-state index >= 15 is 0 Å². The fourth-order valence-electron chi connectivity index (χ4n) is 2.44. The van der Waals surface area contributed by atoms with Crippen molar-refractivity contribution >= 4 is 16.2 Å². The second-order valence-corrected chi connectivity index (χ2v) is 6.91. The Bertz CT molecular complexity index is 611. The van der Waals surface area contributed by atoms with E-state index in [-0.39, 0.29) is 17.5 Å². The largest absolute Gasteiger partial charge is 0.465 e. The number of nitrogens with zero attached hydrogens (tertiary/aromatic N) is 1. The molecule has 1 aromatic rings. The van der Waals surface area contributed by atoms with Gasteiger partial charge >= 0.3 is 6.09 Å². The standard InChI is InChI=1S/C14H19NO5S/c1-10-3-5-13(6-4-10)21(18,19)20-12-7-8-15(14(16)17)11(2)9-12/h3-6,11-12H,7-9H2,1-2H3,(H,16,17)/t11-,12-/m0/s1. The summed E-state index contributed by atoms with van der Waals surface area (Å²) in [6.45, 7) is 3.91. The maximum atomic E-state index is 12.2. The van der Waals surface area contributed by atoms with Crippen LogP contribution in [0.15, 0.2) is 29.2 Å². The lowest BCUT2D eigenvalue weighted by molar-refractivity contribution is 0.0636. The van der Waals surface area contributed by atoms with Gasteiger partial charge in [0.05, 0.1) is 11.0 Å². The second-order valence-electron chi connectivity index (χ2n) is 5.33. The Kier molecular flexibility index (Phi) is 4.53. The smallest absolute Gasteiger partial charge is 0.407 e. The molecular formula is C14H19NO5S. The van der Waals surface area contributed by atoms with Crippen LogP contribution in [0.2, 0.25) is 0 Å². The molecule has 0 spiro atoms. The van der Waals surface area contributed by atoms with Gasteiger partial charge in [0.15, 0.2) is 0 Å². The molecule has 1 aliphatic rings. The molecule has 1 amide bonds. The van der Waals surface area contributed by atoms with Gasteiger partial charge in [0, 0.05) is 12.6 Å². The molecule has 0 aliphatic carbocycles. The maximum absolute atomic E-state index is 12.2. The molecule has 1 aliphatic heterocycles. The number of hydrogen-bond donors (Lipinski definition) is 1. The van der Waals surface area contributed by atoms with Crippen LogP contribution in [0.25, 0.3) is 0 Å². The number of carbonyl (C=O) groups is 1. The summed E-state index contributed by atoms with van der Waals surface area (Å²) in [7, 11) is -3.80.